The Hall–Kier alpha value is -2.25. The molecule has 1 heterocycles. The Bertz CT molecular complexity index is 733. The first kappa shape index (κ1) is 15.6. The van der Waals surface area contributed by atoms with E-state index in [0.717, 1.165) is 24.8 Å². The van der Waals surface area contributed by atoms with Crippen LogP contribution in [0.1, 0.15) is 35.2 Å². The molecule has 1 aromatic heterocycles. The van der Waals surface area contributed by atoms with Gasteiger partial charge in [-0.2, -0.15) is 0 Å². The number of carbonyl (C=O) groups is 1. The van der Waals surface area contributed by atoms with Gasteiger partial charge in [0.25, 0.3) is 5.91 Å². The van der Waals surface area contributed by atoms with Crippen LogP contribution in [0, 0.1) is 5.82 Å². The fourth-order valence-electron chi connectivity index (χ4n) is 2.68. The van der Waals surface area contributed by atoms with Crippen LogP contribution in [0.5, 0.6) is 0 Å². The van der Waals surface area contributed by atoms with Crippen molar-refractivity contribution < 1.29 is 9.18 Å². The van der Waals surface area contributed by atoms with Gasteiger partial charge in [0.2, 0.25) is 5.95 Å². The fraction of sp³-hybridized carbons (Fsp3) is 0.267. The van der Waals surface area contributed by atoms with Crippen LogP contribution in [0.3, 0.4) is 0 Å². The average molecular weight is 336 g/mol. The smallest absolute Gasteiger partial charge is 0.268 e. The molecule has 1 aliphatic carbocycles. The first-order valence-corrected chi connectivity index (χ1v) is 7.48. The summed E-state index contributed by atoms with van der Waals surface area (Å²) in [5.41, 5.74) is 2.69. The lowest BCUT2D eigenvalue weighted by Gasteiger charge is -2.43. The molecule has 0 radical (unpaired) electrons. The molecule has 8 heteroatoms. The third kappa shape index (κ3) is 2.97. The summed E-state index contributed by atoms with van der Waals surface area (Å²) in [4.78, 5) is 19.6. The van der Waals surface area contributed by atoms with Gasteiger partial charge in [-0.25, -0.2) is 20.2 Å². The van der Waals surface area contributed by atoms with E-state index in [2.05, 4.69) is 15.3 Å². The van der Waals surface area contributed by atoms with Crippen LogP contribution in [0.2, 0.25) is 5.02 Å². The summed E-state index contributed by atoms with van der Waals surface area (Å²) in [6.07, 6.45) is 5.47. The van der Waals surface area contributed by atoms with Crippen LogP contribution in [0.4, 0.5) is 10.3 Å². The molecule has 0 aliphatic heterocycles. The first-order valence-electron chi connectivity index (χ1n) is 7.11. The number of nitrogens with two attached hydrogens (primary N) is 1. The van der Waals surface area contributed by atoms with Crippen molar-refractivity contribution in [1.82, 2.24) is 15.4 Å². The van der Waals surface area contributed by atoms with Crippen LogP contribution in [0.25, 0.3) is 0 Å². The number of hydrazine groups is 1. The van der Waals surface area contributed by atoms with Crippen molar-refractivity contribution in [3.8, 4) is 0 Å². The van der Waals surface area contributed by atoms with Crippen molar-refractivity contribution in [3.05, 3.63) is 52.6 Å². The minimum absolute atomic E-state index is 0.264. The monoisotopic (exact) mass is 335 g/mol. The number of amides is 1. The maximum atomic E-state index is 13.3. The van der Waals surface area contributed by atoms with Gasteiger partial charge in [-0.15, -0.1) is 0 Å². The van der Waals surface area contributed by atoms with E-state index in [1.54, 1.807) is 6.07 Å². The topological polar surface area (TPSA) is 92.9 Å². The van der Waals surface area contributed by atoms with Crippen LogP contribution in [0.15, 0.2) is 30.6 Å². The Morgan fingerprint density at radius 2 is 2.00 bits per heavy atom. The second-order valence-electron chi connectivity index (χ2n) is 5.45. The first-order chi connectivity index (χ1) is 11.0. The summed E-state index contributed by atoms with van der Waals surface area (Å²) in [5, 5.41) is 3.63. The molecule has 0 atom stereocenters. The SMILES string of the molecule is NNC(=O)c1cnc(NC2(c3ccc(F)cc3Cl)CCC2)nc1. The van der Waals surface area contributed by atoms with Crippen LogP contribution in [-0.4, -0.2) is 15.9 Å². The molecule has 0 unspecified atom stereocenters. The molecule has 1 fully saturated rings. The summed E-state index contributed by atoms with van der Waals surface area (Å²) in [7, 11) is 0. The van der Waals surface area contributed by atoms with Crippen molar-refractivity contribution in [2.75, 3.05) is 5.32 Å². The van der Waals surface area contributed by atoms with Crippen molar-refractivity contribution in [1.29, 1.82) is 0 Å². The number of nitrogen functional groups attached to an aromatic ring is 1. The molecule has 3 rings (SSSR count). The van der Waals surface area contributed by atoms with Gasteiger partial charge in [0.1, 0.15) is 5.82 Å². The second kappa shape index (κ2) is 6.10. The Morgan fingerprint density at radius 3 is 2.52 bits per heavy atom. The fourth-order valence-corrected chi connectivity index (χ4v) is 3.02. The van der Waals surface area contributed by atoms with Crippen molar-refractivity contribution in [2.24, 2.45) is 5.84 Å². The molecule has 6 nitrogen and oxygen atoms in total. The summed E-state index contributed by atoms with van der Waals surface area (Å²) in [6, 6.07) is 4.37. The number of benzene rings is 1. The Labute approximate surface area is 137 Å². The molecule has 0 bridgehead atoms. The summed E-state index contributed by atoms with van der Waals surface area (Å²) >= 11 is 6.19. The zero-order chi connectivity index (χ0) is 16.4. The minimum atomic E-state index is -0.462. The highest BCUT2D eigenvalue weighted by molar-refractivity contribution is 6.31. The minimum Gasteiger partial charge on any atom is -0.345 e. The molecule has 4 N–H and O–H groups in total. The highest BCUT2D eigenvalue weighted by atomic mass is 35.5. The van der Waals surface area contributed by atoms with Gasteiger partial charge in [0.15, 0.2) is 0 Å². The van der Waals surface area contributed by atoms with E-state index in [9.17, 15) is 9.18 Å². The van der Waals surface area contributed by atoms with Crippen molar-refractivity contribution in [3.63, 3.8) is 0 Å². The molecule has 1 aliphatic rings. The number of hydrogen-bond donors (Lipinski definition) is 3. The molecule has 1 amide bonds. The molecular weight excluding hydrogens is 321 g/mol. The average Bonchev–Trinajstić information content (AvgIpc) is 2.51. The number of rotatable bonds is 4. The van der Waals surface area contributed by atoms with E-state index in [-0.39, 0.29) is 11.4 Å². The molecule has 0 saturated heterocycles. The third-order valence-corrected chi connectivity index (χ3v) is 4.36. The van der Waals surface area contributed by atoms with Gasteiger partial charge < -0.3 is 5.32 Å². The lowest BCUT2D eigenvalue weighted by molar-refractivity contribution is 0.0953. The number of aromatic nitrogens is 2. The molecule has 120 valence electrons. The van der Waals surface area contributed by atoms with Gasteiger partial charge in [0, 0.05) is 17.4 Å². The summed E-state index contributed by atoms with van der Waals surface area (Å²) in [6.45, 7) is 0. The number of halogens is 2. The van der Waals surface area contributed by atoms with Gasteiger partial charge in [-0.1, -0.05) is 17.7 Å². The lowest BCUT2D eigenvalue weighted by atomic mass is 9.72. The van der Waals surface area contributed by atoms with E-state index in [1.165, 1.54) is 24.5 Å². The highest BCUT2D eigenvalue weighted by Crippen LogP contribution is 2.46. The normalized spacial score (nSPS) is 15.6. The molecule has 2 aromatic rings. The van der Waals surface area contributed by atoms with E-state index >= 15 is 0 Å². The predicted octanol–water partition coefficient (Wildman–Crippen LogP) is 2.36. The van der Waals surface area contributed by atoms with Crippen molar-refractivity contribution >= 4 is 23.5 Å². The van der Waals surface area contributed by atoms with E-state index in [4.69, 9.17) is 17.4 Å². The lowest BCUT2D eigenvalue weighted by Crippen LogP contribution is -2.43. The largest absolute Gasteiger partial charge is 0.345 e. The highest BCUT2D eigenvalue weighted by Gasteiger charge is 2.40. The molecule has 23 heavy (non-hydrogen) atoms. The molecule has 1 saturated carbocycles. The van der Waals surface area contributed by atoms with Crippen LogP contribution in [-0.2, 0) is 5.54 Å². The van der Waals surface area contributed by atoms with E-state index in [1.807, 2.05) is 5.43 Å². The molecule has 1 aromatic carbocycles. The molecular formula is C15H15ClFN5O. The number of anilines is 1. The number of hydrogen-bond acceptors (Lipinski definition) is 5. The second-order valence-corrected chi connectivity index (χ2v) is 5.86. The van der Waals surface area contributed by atoms with Gasteiger partial charge in [0.05, 0.1) is 11.1 Å². The zero-order valence-electron chi connectivity index (χ0n) is 12.1. The maximum absolute atomic E-state index is 13.3. The number of carbonyl (C=O) groups excluding carboxylic acids is 1. The maximum Gasteiger partial charge on any atom is 0.268 e. The third-order valence-electron chi connectivity index (χ3n) is 4.05. The van der Waals surface area contributed by atoms with Crippen LogP contribution < -0.4 is 16.6 Å². The van der Waals surface area contributed by atoms with Gasteiger partial charge in [-0.3, -0.25) is 10.2 Å². The quantitative estimate of drug-likeness (QED) is 0.453. The predicted molar refractivity (Wildman–Crippen MR) is 84.2 cm³/mol. The van der Waals surface area contributed by atoms with E-state index < -0.39 is 11.4 Å². The number of nitrogens with one attached hydrogen (secondary N) is 2. The van der Waals surface area contributed by atoms with Crippen LogP contribution >= 0.6 is 11.6 Å². The molecule has 0 spiro atoms. The zero-order valence-corrected chi connectivity index (χ0v) is 12.9. The summed E-state index contributed by atoms with van der Waals surface area (Å²) in [5.74, 6) is 4.60. The van der Waals surface area contributed by atoms with Gasteiger partial charge in [-0.05, 0) is 37.0 Å². The van der Waals surface area contributed by atoms with E-state index in [0.29, 0.717) is 11.0 Å². The summed E-state index contributed by atoms with van der Waals surface area (Å²) < 4.78 is 13.3. The van der Waals surface area contributed by atoms with Gasteiger partial charge >= 0.3 is 0 Å². The Kier molecular flexibility index (Phi) is 4.14. The standard InChI is InChI=1S/C15H15ClFN5O/c16-12-6-10(17)2-3-11(12)15(4-1-5-15)21-14-19-7-9(8-20-14)13(23)22-18/h2-3,6-8H,1,4-5,18H2,(H,22,23)(H,19,20,21). The number of nitrogens with zero attached hydrogens (tertiary/aromatic N) is 2. The van der Waals surface area contributed by atoms with Crippen molar-refractivity contribution in [2.45, 2.75) is 24.8 Å². The Balaban J connectivity index is 1.86. The Morgan fingerprint density at radius 1 is 1.30 bits per heavy atom.